The summed E-state index contributed by atoms with van der Waals surface area (Å²) in [5.74, 6) is -0.135. The zero-order chi connectivity index (χ0) is 15.4. The molecule has 6 heteroatoms. The van der Waals surface area contributed by atoms with Crippen LogP contribution < -0.4 is 10.6 Å². The molecule has 1 aromatic heterocycles. The summed E-state index contributed by atoms with van der Waals surface area (Å²) in [6, 6.07) is 8.14. The lowest BCUT2D eigenvalue weighted by molar-refractivity contribution is 0.0747. The maximum absolute atomic E-state index is 12.4. The van der Waals surface area contributed by atoms with Crippen LogP contribution >= 0.6 is 0 Å². The van der Waals surface area contributed by atoms with E-state index in [1.807, 2.05) is 50.2 Å². The van der Waals surface area contributed by atoms with Crippen LogP contribution in [0.5, 0.6) is 0 Å². The van der Waals surface area contributed by atoms with Crippen molar-refractivity contribution < 1.29 is 4.79 Å². The van der Waals surface area contributed by atoms with E-state index in [0.29, 0.717) is 24.5 Å². The van der Waals surface area contributed by atoms with E-state index in [1.54, 1.807) is 4.90 Å². The van der Waals surface area contributed by atoms with E-state index < -0.39 is 0 Å². The predicted molar refractivity (Wildman–Crippen MR) is 84.2 cm³/mol. The second kappa shape index (κ2) is 6.30. The Morgan fingerprint density at radius 1 is 1.29 bits per heavy atom. The summed E-state index contributed by atoms with van der Waals surface area (Å²) >= 11 is 0. The molecule has 0 saturated heterocycles. The van der Waals surface area contributed by atoms with Crippen molar-refractivity contribution in [3.05, 3.63) is 41.7 Å². The third kappa shape index (κ3) is 3.34. The lowest BCUT2D eigenvalue weighted by atomic mass is 10.1. The number of aromatic nitrogens is 2. The van der Waals surface area contributed by atoms with Gasteiger partial charge in [-0.25, -0.2) is 0 Å². The maximum Gasteiger partial charge on any atom is 0.274 e. The Hall–Kier alpha value is -2.50. The minimum atomic E-state index is -0.135. The first-order valence-corrected chi connectivity index (χ1v) is 6.87. The summed E-state index contributed by atoms with van der Waals surface area (Å²) in [7, 11) is 4.00. The largest absolute Gasteiger partial charge is 0.396 e. The van der Waals surface area contributed by atoms with Gasteiger partial charge in [-0.05, 0) is 24.6 Å². The highest BCUT2D eigenvalue weighted by Gasteiger charge is 2.18. The van der Waals surface area contributed by atoms with Crippen molar-refractivity contribution in [3.8, 4) is 0 Å². The summed E-state index contributed by atoms with van der Waals surface area (Å²) in [5.41, 5.74) is 8.67. The van der Waals surface area contributed by atoms with Gasteiger partial charge >= 0.3 is 0 Å². The van der Waals surface area contributed by atoms with Crippen molar-refractivity contribution in [2.75, 3.05) is 31.3 Å². The second-order valence-corrected chi connectivity index (χ2v) is 5.08. The minimum absolute atomic E-state index is 0.135. The highest BCUT2D eigenvalue weighted by Crippen LogP contribution is 2.16. The summed E-state index contributed by atoms with van der Waals surface area (Å²) in [6.45, 7) is 3.09. The average molecular weight is 287 g/mol. The molecule has 112 valence electrons. The molecule has 0 unspecified atom stereocenters. The number of carbonyl (C=O) groups is 1. The molecule has 0 fully saturated rings. The van der Waals surface area contributed by atoms with Gasteiger partial charge in [0.1, 0.15) is 5.69 Å². The molecule has 0 saturated carbocycles. The number of hydrogen-bond acceptors (Lipinski definition) is 4. The van der Waals surface area contributed by atoms with Crippen molar-refractivity contribution in [3.63, 3.8) is 0 Å². The van der Waals surface area contributed by atoms with Crippen LogP contribution in [0.2, 0.25) is 0 Å². The smallest absolute Gasteiger partial charge is 0.274 e. The van der Waals surface area contributed by atoms with Gasteiger partial charge in [0.15, 0.2) is 0 Å². The molecule has 0 aliphatic carbocycles. The van der Waals surface area contributed by atoms with Crippen LogP contribution in [0.15, 0.2) is 30.5 Å². The number of rotatable bonds is 5. The number of H-pyrrole nitrogens is 1. The number of nitrogens with two attached hydrogens (primary N) is 1. The summed E-state index contributed by atoms with van der Waals surface area (Å²) < 4.78 is 0. The fourth-order valence-corrected chi connectivity index (χ4v) is 2.07. The zero-order valence-electron chi connectivity index (χ0n) is 12.6. The Balaban J connectivity index is 2.12. The molecule has 0 spiro atoms. The first-order chi connectivity index (χ1) is 10.0. The van der Waals surface area contributed by atoms with Crippen molar-refractivity contribution in [1.29, 1.82) is 0 Å². The number of hydrogen-bond donors (Lipinski definition) is 2. The van der Waals surface area contributed by atoms with Gasteiger partial charge in [-0.1, -0.05) is 12.1 Å². The average Bonchev–Trinajstić information content (AvgIpc) is 2.90. The molecule has 2 rings (SSSR count). The molecule has 0 aliphatic rings. The van der Waals surface area contributed by atoms with Gasteiger partial charge in [-0.3, -0.25) is 9.89 Å². The van der Waals surface area contributed by atoms with Crippen LogP contribution in [0.3, 0.4) is 0 Å². The van der Waals surface area contributed by atoms with Gasteiger partial charge < -0.3 is 15.5 Å². The Morgan fingerprint density at radius 3 is 2.43 bits per heavy atom. The van der Waals surface area contributed by atoms with E-state index in [9.17, 15) is 4.79 Å². The number of amides is 1. The number of anilines is 2. The van der Waals surface area contributed by atoms with Gasteiger partial charge in [0, 0.05) is 32.9 Å². The van der Waals surface area contributed by atoms with Crippen LogP contribution in [0.1, 0.15) is 23.0 Å². The van der Waals surface area contributed by atoms with Crippen molar-refractivity contribution >= 4 is 17.3 Å². The first kappa shape index (κ1) is 14.9. The Morgan fingerprint density at radius 2 is 1.95 bits per heavy atom. The van der Waals surface area contributed by atoms with Gasteiger partial charge in [0.2, 0.25) is 0 Å². The van der Waals surface area contributed by atoms with E-state index in [4.69, 9.17) is 5.73 Å². The molecule has 2 aromatic rings. The molecule has 0 aliphatic heterocycles. The fraction of sp³-hybridized carbons (Fsp3) is 0.333. The van der Waals surface area contributed by atoms with Gasteiger partial charge in [0.05, 0.1) is 11.9 Å². The third-order valence-electron chi connectivity index (χ3n) is 3.38. The van der Waals surface area contributed by atoms with Crippen molar-refractivity contribution in [2.45, 2.75) is 13.5 Å². The van der Waals surface area contributed by atoms with E-state index >= 15 is 0 Å². The quantitative estimate of drug-likeness (QED) is 0.877. The normalized spacial score (nSPS) is 10.4. The Kier molecular flexibility index (Phi) is 4.47. The number of nitrogens with one attached hydrogen (secondary N) is 1. The molecular formula is C15H21N5O. The monoisotopic (exact) mass is 287 g/mol. The molecule has 1 heterocycles. The van der Waals surface area contributed by atoms with Crippen LogP contribution in [-0.4, -0.2) is 41.6 Å². The lowest BCUT2D eigenvalue weighted by Crippen LogP contribution is -2.31. The first-order valence-electron chi connectivity index (χ1n) is 6.87. The van der Waals surface area contributed by atoms with Crippen molar-refractivity contribution in [1.82, 2.24) is 15.1 Å². The van der Waals surface area contributed by atoms with E-state index in [1.165, 1.54) is 6.20 Å². The summed E-state index contributed by atoms with van der Waals surface area (Å²) in [5, 5.41) is 6.45. The van der Waals surface area contributed by atoms with Gasteiger partial charge in [-0.2, -0.15) is 5.10 Å². The maximum atomic E-state index is 12.4. The SMILES string of the molecule is CCN(Cc1ccc(N(C)C)cc1)C(=O)c1[nH]ncc1N. The highest BCUT2D eigenvalue weighted by atomic mass is 16.2. The standard InChI is InChI=1S/C15H21N5O/c1-4-20(15(21)14-13(16)9-17-18-14)10-11-5-7-12(8-6-11)19(2)3/h5-9H,4,10,16H2,1-3H3,(H,17,18). The molecule has 6 nitrogen and oxygen atoms in total. The molecule has 1 amide bonds. The number of nitrogens with zero attached hydrogens (tertiary/aromatic N) is 3. The number of carbonyl (C=O) groups excluding carboxylic acids is 1. The van der Waals surface area contributed by atoms with Crippen LogP contribution in [0, 0.1) is 0 Å². The summed E-state index contributed by atoms with van der Waals surface area (Å²) in [6.07, 6.45) is 1.45. The van der Waals surface area contributed by atoms with Gasteiger partial charge in [-0.15, -0.1) is 0 Å². The molecule has 0 radical (unpaired) electrons. The number of nitrogen functional groups attached to an aromatic ring is 1. The van der Waals surface area contributed by atoms with Crippen LogP contribution in [0.4, 0.5) is 11.4 Å². The van der Waals surface area contributed by atoms with Crippen molar-refractivity contribution in [2.24, 2.45) is 0 Å². The molecule has 21 heavy (non-hydrogen) atoms. The van der Waals surface area contributed by atoms with Gasteiger partial charge in [0.25, 0.3) is 5.91 Å². The Bertz CT molecular complexity index is 603. The third-order valence-corrected chi connectivity index (χ3v) is 3.38. The minimum Gasteiger partial charge on any atom is -0.396 e. The molecule has 0 atom stereocenters. The topological polar surface area (TPSA) is 78.2 Å². The Labute approximate surface area is 124 Å². The van der Waals surface area contributed by atoms with E-state index in [2.05, 4.69) is 10.2 Å². The lowest BCUT2D eigenvalue weighted by Gasteiger charge is -2.21. The van der Waals surface area contributed by atoms with Crippen LogP contribution in [0.25, 0.3) is 0 Å². The number of aromatic amines is 1. The zero-order valence-corrected chi connectivity index (χ0v) is 12.6. The van der Waals surface area contributed by atoms with Crippen LogP contribution in [-0.2, 0) is 6.54 Å². The molecular weight excluding hydrogens is 266 g/mol. The highest BCUT2D eigenvalue weighted by molar-refractivity contribution is 5.96. The molecule has 0 bridgehead atoms. The fourth-order valence-electron chi connectivity index (χ4n) is 2.07. The second-order valence-electron chi connectivity index (χ2n) is 5.08. The molecule has 3 N–H and O–H groups in total. The van der Waals surface area contributed by atoms with E-state index in [0.717, 1.165) is 11.3 Å². The molecule has 1 aromatic carbocycles. The number of benzene rings is 1. The predicted octanol–water partition coefficient (Wildman–Crippen LogP) is 1.72. The summed E-state index contributed by atoms with van der Waals surface area (Å²) in [4.78, 5) is 16.2. The van der Waals surface area contributed by atoms with E-state index in [-0.39, 0.29) is 5.91 Å².